The van der Waals surface area contributed by atoms with E-state index in [9.17, 15) is 9.59 Å². The number of hydrogen-bond acceptors (Lipinski definition) is 2. The van der Waals surface area contributed by atoms with Gasteiger partial charge in [0.1, 0.15) is 6.04 Å². The molecule has 0 saturated heterocycles. The molecule has 2 aromatic rings. The topological polar surface area (TPSA) is 78.4 Å². The van der Waals surface area contributed by atoms with Crippen LogP contribution in [0, 0.1) is 0 Å². The number of amides is 2. The lowest BCUT2D eigenvalue weighted by atomic mass is 10.1. The number of carbonyl (C=O) groups is 2. The summed E-state index contributed by atoms with van der Waals surface area (Å²) in [5.74, 6) is -1.04. The molecular formula is C15H16N2O3. The molecule has 0 aliphatic heterocycles. The fourth-order valence-corrected chi connectivity index (χ4v) is 1.93. The number of nitrogens with one attached hydrogen (secondary N) is 2. The number of aliphatic carboxylic acids is 1. The second-order valence-corrected chi connectivity index (χ2v) is 4.46. The molecule has 0 aromatic heterocycles. The zero-order valence-electron chi connectivity index (χ0n) is 11.1. The molecular weight excluding hydrogens is 256 g/mol. The Bertz CT molecular complexity index is 640. The fourth-order valence-electron chi connectivity index (χ4n) is 1.93. The Hall–Kier alpha value is -2.56. The first kappa shape index (κ1) is 13.9. The van der Waals surface area contributed by atoms with Gasteiger partial charge in [0.15, 0.2) is 0 Å². The summed E-state index contributed by atoms with van der Waals surface area (Å²) in [5, 5.41) is 16.0. The molecule has 0 spiro atoms. The minimum atomic E-state index is -1.04. The normalized spacial score (nSPS) is 11.8. The number of carbonyl (C=O) groups excluding carboxylic acids is 1. The Morgan fingerprint density at radius 2 is 1.85 bits per heavy atom. The number of hydrogen-bond donors (Lipinski definition) is 3. The average Bonchev–Trinajstić information content (AvgIpc) is 2.44. The standard InChI is InChI=1S/C15H16N2O3/c1-2-13(14(18)19)17-15(20)16-12-8-7-10-5-3-4-6-11(10)9-12/h3-9,13H,2H2,1H3,(H,18,19)(H2,16,17,20)/t13-/m0/s1. The van der Waals surface area contributed by atoms with E-state index >= 15 is 0 Å². The summed E-state index contributed by atoms with van der Waals surface area (Å²) in [6, 6.07) is 11.9. The van der Waals surface area contributed by atoms with E-state index in [2.05, 4.69) is 10.6 Å². The third-order valence-electron chi connectivity index (χ3n) is 3.02. The second kappa shape index (κ2) is 6.06. The third kappa shape index (κ3) is 3.26. The van der Waals surface area contributed by atoms with Crippen LogP contribution in [-0.2, 0) is 4.79 Å². The van der Waals surface area contributed by atoms with Crippen molar-refractivity contribution >= 4 is 28.5 Å². The van der Waals surface area contributed by atoms with Crippen LogP contribution in [0.5, 0.6) is 0 Å². The summed E-state index contributed by atoms with van der Waals surface area (Å²) >= 11 is 0. The van der Waals surface area contributed by atoms with Crippen LogP contribution >= 0.6 is 0 Å². The summed E-state index contributed by atoms with van der Waals surface area (Å²) in [7, 11) is 0. The molecule has 0 heterocycles. The number of carboxylic acids is 1. The van der Waals surface area contributed by atoms with Crippen molar-refractivity contribution in [2.24, 2.45) is 0 Å². The van der Waals surface area contributed by atoms with Gasteiger partial charge in [0.2, 0.25) is 0 Å². The molecule has 2 aromatic carbocycles. The van der Waals surface area contributed by atoms with Gasteiger partial charge in [0.05, 0.1) is 0 Å². The van der Waals surface area contributed by atoms with Gasteiger partial charge in [-0.1, -0.05) is 37.3 Å². The SMILES string of the molecule is CC[C@H](NC(=O)Nc1ccc2ccccc2c1)C(=O)O. The van der Waals surface area contributed by atoms with Gasteiger partial charge in [-0.2, -0.15) is 0 Å². The molecule has 2 rings (SSSR count). The number of benzene rings is 2. The Labute approximate surface area is 116 Å². The average molecular weight is 272 g/mol. The molecule has 0 bridgehead atoms. The number of carboxylic acid groups (broad SMARTS) is 1. The first-order valence-electron chi connectivity index (χ1n) is 6.39. The first-order valence-corrected chi connectivity index (χ1v) is 6.39. The van der Waals surface area contributed by atoms with Crippen molar-refractivity contribution in [1.82, 2.24) is 5.32 Å². The highest BCUT2D eigenvalue weighted by Crippen LogP contribution is 2.18. The highest BCUT2D eigenvalue weighted by molar-refractivity contribution is 5.95. The Balaban J connectivity index is 2.07. The van der Waals surface area contributed by atoms with Crippen molar-refractivity contribution in [2.45, 2.75) is 19.4 Å². The van der Waals surface area contributed by atoms with Crippen LogP contribution in [0.1, 0.15) is 13.3 Å². The molecule has 0 saturated carbocycles. The lowest BCUT2D eigenvalue weighted by Gasteiger charge is -2.13. The first-order chi connectivity index (χ1) is 9.60. The molecule has 0 radical (unpaired) electrons. The predicted octanol–water partition coefficient (Wildman–Crippen LogP) is 2.82. The van der Waals surface area contributed by atoms with E-state index in [-0.39, 0.29) is 0 Å². The minimum Gasteiger partial charge on any atom is -0.480 e. The van der Waals surface area contributed by atoms with E-state index in [1.165, 1.54) is 0 Å². The predicted molar refractivity (Wildman–Crippen MR) is 77.8 cm³/mol. The fraction of sp³-hybridized carbons (Fsp3) is 0.200. The molecule has 2 amide bonds. The molecule has 20 heavy (non-hydrogen) atoms. The number of fused-ring (bicyclic) bond motifs is 1. The maximum absolute atomic E-state index is 11.7. The van der Waals surface area contributed by atoms with Crippen LogP contribution in [0.4, 0.5) is 10.5 Å². The third-order valence-corrected chi connectivity index (χ3v) is 3.02. The molecule has 5 heteroatoms. The van der Waals surface area contributed by atoms with Gasteiger partial charge in [-0.25, -0.2) is 9.59 Å². The van der Waals surface area contributed by atoms with Crippen LogP contribution in [0.15, 0.2) is 42.5 Å². The van der Waals surface area contributed by atoms with E-state index in [0.717, 1.165) is 10.8 Å². The maximum Gasteiger partial charge on any atom is 0.326 e. The summed E-state index contributed by atoms with van der Waals surface area (Å²) in [4.78, 5) is 22.6. The quantitative estimate of drug-likeness (QED) is 0.800. The van der Waals surface area contributed by atoms with Crippen molar-refractivity contribution in [3.05, 3.63) is 42.5 Å². The molecule has 0 fully saturated rings. The van der Waals surface area contributed by atoms with Crippen molar-refractivity contribution in [2.75, 3.05) is 5.32 Å². The monoisotopic (exact) mass is 272 g/mol. The number of urea groups is 1. The largest absolute Gasteiger partial charge is 0.480 e. The van der Waals surface area contributed by atoms with Gasteiger partial charge < -0.3 is 15.7 Å². The lowest BCUT2D eigenvalue weighted by molar-refractivity contribution is -0.139. The van der Waals surface area contributed by atoms with Gasteiger partial charge in [0, 0.05) is 5.69 Å². The van der Waals surface area contributed by atoms with E-state index < -0.39 is 18.0 Å². The summed E-state index contributed by atoms with van der Waals surface area (Å²) in [6.45, 7) is 1.70. The summed E-state index contributed by atoms with van der Waals surface area (Å²) in [6.07, 6.45) is 0.334. The highest BCUT2D eigenvalue weighted by atomic mass is 16.4. The summed E-state index contributed by atoms with van der Waals surface area (Å²) < 4.78 is 0. The van der Waals surface area contributed by atoms with E-state index in [1.807, 2.05) is 36.4 Å². The van der Waals surface area contributed by atoms with Crippen molar-refractivity contribution in [3.8, 4) is 0 Å². The van der Waals surface area contributed by atoms with Crippen molar-refractivity contribution in [1.29, 1.82) is 0 Å². The van der Waals surface area contributed by atoms with Crippen molar-refractivity contribution in [3.63, 3.8) is 0 Å². The van der Waals surface area contributed by atoms with Gasteiger partial charge in [0.25, 0.3) is 0 Å². The molecule has 1 atom stereocenters. The number of rotatable bonds is 4. The smallest absolute Gasteiger partial charge is 0.326 e. The van der Waals surface area contributed by atoms with E-state index in [1.54, 1.807) is 13.0 Å². The highest BCUT2D eigenvalue weighted by Gasteiger charge is 2.17. The van der Waals surface area contributed by atoms with Crippen LogP contribution in [0.25, 0.3) is 10.8 Å². The lowest BCUT2D eigenvalue weighted by Crippen LogP contribution is -2.42. The zero-order valence-corrected chi connectivity index (χ0v) is 11.1. The molecule has 0 aliphatic carbocycles. The Kier molecular flexibility index (Phi) is 4.20. The molecule has 5 nitrogen and oxygen atoms in total. The minimum absolute atomic E-state index is 0.334. The van der Waals surface area contributed by atoms with Crippen LogP contribution < -0.4 is 10.6 Å². The Morgan fingerprint density at radius 1 is 1.15 bits per heavy atom. The zero-order chi connectivity index (χ0) is 14.5. The molecule has 0 unspecified atom stereocenters. The van der Waals surface area contributed by atoms with Gasteiger partial charge >= 0.3 is 12.0 Å². The van der Waals surface area contributed by atoms with Gasteiger partial charge in [-0.3, -0.25) is 0 Å². The van der Waals surface area contributed by atoms with Crippen molar-refractivity contribution < 1.29 is 14.7 Å². The maximum atomic E-state index is 11.7. The Morgan fingerprint density at radius 3 is 2.50 bits per heavy atom. The van der Waals surface area contributed by atoms with Crippen LogP contribution in [0.3, 0.4) is 0 Å². The van der Waals surface area contributed by atoms with Gasteiger partial charge in [-0.05, 0) is 29.3 Å². The summed E-state index contributed by atoms with van der Waals surface area (Å²) in [5.41, 5.74) is 0.626. The second-order valence-electron chi connectivity index (χ2n) is 4.46. The van der Waals surface area contributed by atoms with E-state index in [0.29, 0.717) is 12.1 Å². The molecule has 104 valence electrons. The van der Waals surface area contributed by atoms with E-state index in [4.69, 9.17) is 5.11 Å². The molecule has 0 aliphatic rings. The van der Waals surface area contributed by atoms with Crippen LogP contribution in [-0.4, -0.2) is 23.1 Å². The molecule has 3 N–H and O–H groups in total. The van der Waals surface area contributed by atoms with Gasteiger partial charge in [-0.15, -0.1) is 0 Å². The van der Waals surface area contributed by atoms with Crippen LogP contribution in [0.2, 0.25) is 0 Å². The number of anilines is 1.